The SMILES string of the molecule is CC(C)CN(Cc1ccccc1)Cc1cccn1Cc1ccccc1F. The van der Waals surface area contributed by atoms with Crippen molar-refractivity contribution in [2.45, 2.75) is 33.5 Å². The number of hydrogen-bond donors (Lipinski definition) is 0. The van der Waals surface area contributed by atoms with Gasteiger partial charge in [0.05, 0.1) is 6.54 Å². The molecule has 26 heavy (non-hydrogen) atoms. The van der Waals surface area contributed by atoms with Crippen molar-refractivity contribution in [3.63, 3.8) is 0 Å². The molecule has 136 valence electrons. The maximum absolute atomic E-state index is 14.0. The van der Waals surface area contributed by atoms with Gasteiger partial charge in [-0.2, -0.15) is 0 Å². The van der Waals surface area contributed by atoms with E-state index < -0.39 is 0 Å². The number of benzene rings is 2. The van der Waals surface area contributed by atoms with Gasteiger partial charge in [-0.05, 0) is 29.7 Å². The van der Waals surface area contributed by atoms with Crippen molar-refractivity contribution in [2.75, 3.05) is 6.54 Å². The van der Waals surface area contributed by atoms with Gasteiger partial charge in [-0.3, -0.25) is 4.90 Å². The smallest absolute Gasteiger partial charge is 0.128 e. The predicted octanol–water partition coefficient (Wildman–Crippen LogP) is 5.33. The van der Waals surface area contributed by atoms with Crippen LogP contribution < -0.4 is 0 Å². The van der Waals surface area contributed by atoms with Crippen LogP contribution in [0.4, 0.5) is 4.39 Å². The molecule has 3 aromatic rings. The van der Waals surface area contributed by atoms with Gasteiger partial charge in [0.2, 0.25) is 0 Å². The summed E-state index contributed by atoms with van der Waals surface area (Å²) in [6.45, 7) is 7.86. The van der Waals surface area contributed by atoms with Gasteiger partial charge in [-0.1, -0.05) is 62.4 Å². The molecule has 0 unspecified atom stereocenters. The molecule has 3 rings (SSSR count). The molecule has 0 aliphatic heterocycles. The van der Waals surface area contributed by atoms with Crippen LogP contribution in [0.1, 0.15) is 30.7 Å². The molecule has 1 heterocycles. The van der Waals surface area contributed by atoms with Crippen LogP contribution in [0.3, 0.4) is 0 Å². The second-order valence-electron chi connectivity index (χ2n) is 7.27. The third kappa shape index (κ3) is 5.06. The van der Waals surface area contributed by atoms with E-state index in [2.05, 4.69) is 59.7 Å². The Hall–Kier alpha value is -2.39. The lowest BCUT2D eigenvalue weighted by atomic mass is 10.1. The molecule has 0 saturated heterocycles. The molecule has 0 aliphatic carbocycles. The average molecular weight is 350 g/mol. The number of rotatable bonds is 8. The Morgan fingerprint density at radius 3 is 2.35 bits per heavy atom. The lowest BCUT2D eigenvalue weighted by Gasteiger charge is -2.25. The average Bonchev–Trinajstić information content (AvgIpc) is 3.04. The maximum Gasteiger partial charge on any atom is 0.128 e. The van der Waals surface area contributed by atoms with Crippen molar-refractivity contribution in [3.8, 4) is 0 Å². The summed E-state index contributed by atoms with van der Waals surface area (Å²) in [6, 6.07) is 21.8. The van der Waals surface area contributed by atoms with E-state index in [1.165, 1.54) is 17.3 Å². The van der Waals surface area contributed by atoms with Crippen molar-refractivity contribution in [1.29, 1.82) is 0 Å². The Kier molecular flexibility index (Phi) is 6.24. The zero-order valence-electron chi connectivity index (χ0n) is 15.6. The number of hydrogen-bond acceptors (Lipinski definition) is 1. The second-order valence-corrected chi connectivity index (χ2v) is 7.27. The first-order chi connectivity index (χ1) is 12.6. The number of halogens is 1. The van der Waals surface area contributed by atoms with E-state index in [0.717, 1.165) is 25.2 Å². The summed E-state index contributed by atoms with van der Waals surface area (Å²) < 4.78 is 16.2. The summed E-state index contributed by atoms with van der Waals surface area (Å²) in [4.78, 5) is 2.47. The van der Waals surface area contributed by atoms with Gasteiger partial charge < -0.3 is 4.57 Å². The highest BCUT2D eigenvalue weighted by molar-refractivity contribution is 5.20. The lowest BCUT2D eigenvalue weighted by Crippen LogP contribution is -2.28. The molecule has 1 aromatic heterocycles. The quantitative estimate of drug-likeness (QED) is 0.533. The van der Waals surface area contributed by atoms with Crippen molar-refractivity contribution in [1.82, 2.24) is 9.47 Å². The van der Waals surface area contributed by atoms with Crippen LogP contribution in [0.15, 0.2) is 72.9 Å². The van der Waals surface area contributed by atoms with Gasteiger partial charge in [0, 0.05) is 37.1 Å². The molecule has 0 fully saturated rings. The normalized spacial score (nSPS) is 11.4. The summed E-state index contributed by atoms with van der Waals surface area (Å²) in [6.07, 6.45) is 2.04. The predicted molar refractivity (Wildman–Crippen MR) is 105 cm³/mol. The van der Waals surface area contributed by atoms with Gasteiger partial charge in [-0.15, -0.1) is 0 Å². The molecule has 0 spiro atoms. The minimum Gasteiger partial charge on any atom is -0.346 e. The molecule has 0 atom stereocenters. The number of aromatic nitrogens is 1. The van der Waals surface area contributed by atoms with Crippen LogP contribution in [0.5, 0.6) is 0 Å². The first-order valence-corrected chi connectivity index (χ1v) is 9.25. The minimum absolute atomic E-state index is 0.143. The molecule has 0 amide bonds. The Bertz CT molecular complexity index is 808. The first kappa shape index (κ1) is 18.4. The lowest BCUT2D eigenvalue weighted by molar-refractivity contribution is 0.222. The zero-order chi connectivity index (χ0) is 18.4. The highest BCUT2D eigenvalue weighted by Crippen LogP contribution is 2.16. The van der Waals surface area contributed by atoms with Gasteiger partial charge in [0.25, 0.3) is 0 Å². The minimum atomic E-state index is -0.143. The van der Waals surface area contributed by atoms with E-state index in [-0.39, 0.29) is 5.82 Å². The van der Waals surface area contributed by atoms with Crippen LogP contribution in [0.25, 0.3) is 0 Å². The molecule has 0 saturated carbocycles. The van der Waals surface area contributed by atoms with Crippen molar-refractivity contribution in [3.05, 3.63) is 95.6 Å². The molecular formula is C23H27FN2. The Morgan fingerprint density at radius 2 is 1.62 bits per heavy atom. The topological polar surface area (TPSA) is 8.17 Å². The molecule has 0 bridgehead atoms. The molecular weight excluding hydrogens is 323 g/mol. The third-order valence-electron chi connectivity index (χ3n) is 4.48. The van der Waals surface area contributed by atoms with Gasteiger partial charge in [0.1, 0.15) is 5.82 Å². The van der Waals surface area contributed by atoms with Gasteiger partial charge in [0.15, 0.2) is 0 Å². The standard InChI is InChI=1S/C23H27FN2/c1-19(2)15-25(16-20-9-4-3-5-10-20)18-22-12-8-14-26(22)17-21-11-6-7-13-23(21)24/h3-14,19H,15-18H2,1-2H3. The highest BCUT2D eigenvalue weighted by atomic mass is 19.1. The van der Waals surface area contributed by atoms with Gasteiger partial charge >= 0.3 is 0 Å². The fourth-order valence-corrected chi connectivity index (χ4v) is 3.33. The van der Waals surface area contributed by atoms with Crippen LogP contribution in [0, 0.1) is 11.7 Å². The summed E-state index contributed by atoms with van der Waals surface area (Å²) in [5, 5.41) is 0. The number of nitrogens with zero attached hydrogens (tertiary/aromatic N) is 2. The van der Waals surface area contributed by atoms with E-state index in [1.54, 1.807) is 6.07 Å². The molecule has 0 aliphatic rings. The van der Waals surface area contributed by atoms with E-state index in [9.17, 15) is 4.39 Å². The van der Waals surface area contributed by atoms with Crippen molar-refractivity contribution < 1.29 is 4.39 Å². The largest absolute Gasteiger partial charge is 0.346 e. The first-order valence-electron chi connectivity index (χ1n) is 9.25. The molecule has 3 heteroatoms. The van der Waals surface area contributed by atoms with Gasteiger partial charge in [-0.25, -0.2) is 4.39 Å². The van der Waals surface area contributed by atoms with E-state index in [0.29, 0.717) is 12.5 Å². The molecule has 0 N–H and O–H groups in total. The fourth-order valence-electron chi connectivity index (χ4n) is 3.33. The van der Waals surface area contributed by atoms with Crippen LogP contribution in [-0.2, 0) is 19.6 Å². The van der Waals surface area contributed by atoms with Crippen LogP contribution >= 0.6 is 0 Å². The zero-order valence-corrected chi connectivity index (χ0v) is 15.6. The van der Waals surface area contributed by atoms with Crippen molar-refractivity contribution in [2.24, 2.45) is 5.92 Å². The Morgan fingerprint density at radius 1 is 0.885 bits per heavy atom. The van der Waals surface area contributed by atoms with Crippen molar-refractivity contribution >= 4 is 0 Å². The molecule has 2 aromatic carbocycles. The summed E-state index contributed by atoms with van der Waals surface area (Å²) in [5.41, 5.74) is 3.26. The monoisotopic (exact) mass is 350 g/mol. The van der Waals surface area contributed by atoms with E-state index >= 15 is 0 Å². The third-order valence-corrected chi connectivity index (χ3v) is 4.48. The highest BCUT2D eigenvalue weighted by Gasteiger charge is 2.12. The maximum atomic E-state index is 14.0. The summed E-state index contributed by atoms with van der Waals surface area (Å²) >= 11 is 0. The summed E-state index contributed by atoms with van der Waals surface area (Å²) in [5.74, 6) is 0.448. The summed E-state index contributed by atoms with van der Waals surface area (Å²) in [7, 11) is 0. The van der Waals surface area contributed by atoms with Crippen LogP contribution in [-0.4, -0.2) is 16.0 Å². The molecule has 0 radical (unpaired) electrons. The van der Waals surface area contributed by atoms with E-state index in [4.69, 9.17) is 0 Å². The second kappa shape index (κ2) is 8.81. The fraction of sp³-hybridized carbons (Fsp3) is 0.304. The molecule has 2 nitrogen and oxygen atoms in total. The van der Waals surface area contributed by atoms with E-state index in [1.807, 2.05) is 24.4 Å². The Labute approximate surface area is 155 Å². The van der Waals surface area contributed by atoms with Crippen LogP contribution in [0.2, 0.25) is 0 Å². The Balaban J connectivity index is 1.75.